The van der Waals surface area contributed by atoms with Crippen LogP contribution in [0.4, 0.5) is 4.39 Å². The molecule has 0 aliphatic rings. The second kappa shape index (κ2) is 10.1. The summed E-state index contributed by atoms with van der Waals surface area (Å²) >= 11 is 0. The van der Waals surface area contributed by atoms with Crippen molar-refractivity contribution in [3.63, 3.8) is 0 Å². The lowest BCUT2D eigenvalue weighted by Gasteiger charge is -2.13. The average Bonchev–Trinajstić information content (AvgIpc) is 3.07. The van der Waals surface area contributed by atoms with Crippen molar-refractivity contribution in [2.75, 3.05) is 19.5 Å². The highest BCUT2D eigenvalue weighted by molar-refractivity contribution is 7.90. The molecule has 0 unspecified atom stereocenters. The molecule has 1 N–H and O–H groups in total. The third kappa shape index (κ3) is 5.63. The van der Waals surface area contributed by atoms with Gasteiger partial charge in [-0.3, -0.25) is 4.79 Å². The molecular formula is C24H26FNO5S. The number of halogens is 1. The molecular weight excluding hydrogens is 433 g/mol. The van der Waals surface area contributed by atoms with Crippen LogP contribution in [0.15, 0.2) is 59.5 Å². The maximum Gasteiger partial charge on any atom is 0.310 e. The number of rotatable bonds is 9. The Morgan fingerprint density at radius 3 is 2.31 bits per heavy atom. The van der Waals surface area contributed by atoms with E-state index in [1.807, 2.05) is 17.6 Å². The number of aliphatic hydroxyl groups is 1. The van der Waals surface area contributed by atoms with E-state index in [4.69, 9.17) is 9.84 Å². The molecule has 0 spiro atoms. The highest BCUT2D eigenvalue weighted by atomic mass is 32.2. The number of hydrogen-bond acceptors (Lipinski definition) is 5. The lowest BCUT2D eigenvalue weighted by Crippen LogP contribution is -2.10. The summed E-state index contributed by atoms with van der Waals surface area (Å²) in [5, 5.41) is 8.83. The maximum atomic E-state index is 13.5. The number of nitrogens with zero attached hydrogens (tertiary/aromatic N) is 1. The van der Waals surface area contributed by atoms with Crippen LogP contribution in [-0.2, 0) is 25.8 Å². The van der Waals surface area contributed by atoms with E-state index in [-0.39, 0.29) is 36.3 Å². The molecule has 170 valence electrons. The molecule has 0 aliphatic carbocycles. The van der Waals surface area contributed by atoms with Crippen molar-refractivity contribution >= 4 is 15.8 Å². The second-order valence-electron chi connectivity index (χ2n) is 7.58. The number of sulfone groups is 1. The van der Waals surface area contributed by atoms with Crippen molar-refractivity contribution < 1.29 is 27.4 Å². The van der Waals surface area contributed by atoms with Gasteiger partial charge in [0.15, 0.2) is 9.84 Å². The van der Waals surface area contributed by atoms with Crippen LogP contribution in [0.1, 0.15) is 24.1 Å². The summed E-state index contributed by atoms with van der Waals surface area (Å²) < 4.78 is 44.3. The quantitative estimate of drug-likeness (QED) is 0.388. The molecule has 0 radical (unpaired) electrons. The third-order valence-electron chi connectivity index (χ3n) is 5.17. The third-order valence-corrected chi connectivity index (χ3v) is 6.29. The van der Waals surface area contributed by atoms with Crippen molar-refractivity contribution in [2.45, 2.75) is 31.1 Å². The Kier molecular flexibility index (Phi) is 7.48. The van der Waals surface area contributed by atoms with E-state index in [1.54, 1.807) is 24.3 Å². The summed E-state index contributed by atoms with van der Waals surface area (Å²) in [6.07, 6.45) is 2.38. The molecule has 0 bridgehead atoms. The van der Waals surface area contributed by atoms with E-state index in [1.165, 1.54) is 24.3 Å². The summed E-state index contributed by atoms with van der Waals surface area (Å²) in [4.78, 5) is 12.5. The SMILES string of the molecule is Cc1c(CC(=O)OCCCCO)cc(-c2ccc(S(C)(=O)=O)cc2)n1-c1ccc(F)cc1. The predicted molar refractivity (Wildman–Crippen MR) is 120 cm³/mol. The molecule has 3 rings (SSSR count). The highest BCUT2D eigenvalue weighted by Crippen LogP contribution is 2.31. The average molecular weight is 460 g/mol. The topological polar surface area (TPSA) is 85.6 Å². The molecule has 32 heavy (non-hydrogen) atoms. The van der Waals surface area contributed by atoms with Crippen LogP contribution in [0.3, 0.4) is 0 Å². The zero-order valence-corrected chi connectivity index (χ0v) is 18.9. The van der Waals surface area contributed by atoms with Crippen LogP contribution in [0.25, 0.3) is 16.9 Å². The number of hydrogen-bond donors (Lipinski definition) is 1. The number of benzene rings is 2. The fourth-order valence-electron chi connectivity index (χ4n) is 3.45. The van der Waals surface area contributed by atoms with Gasteiger partial charge >= 0.3 is 5.97 Å². The van der Waals surface area contributed by atoms with Gasteiger partial charge in [0, 0.05) is 24.2 Å². The summed E-state index contributed by atoms with van der Waals surface area (Å²) in [6.45, 7) is 2.17. The van der Waals surface area contributed by atoms with E-state index in [0.29, 0.717) is 18.5 Å². The van der Waals surface area contributed by atoms with Crippen molar-refractivity contribution in [2.24, 2.45) is 0 Å². The van der Waals surface area contributed by atoms with Crippen LogP contribution >= 0.6 is 0 Å². The minimum Gasteiger partial charge on any atom is -0.465 e. The zero-order chi connectivity index (χ0) is 23.3. The number of carbonyl (C=O) groups excluding carboxylic acids is 1. The summed E-state index contributed by atoms with van der Waals surface area (Å²) in [6, 6.07) is 14.4. The van der Waals surface area contributed by atoms with E-state index in [0.717, 1.165) is 28.8 Å². The van der Waals surface area contributed by atoms with Gasteiger partial charge in [-0.1, -0.05) is 12.1 Å². The Morgan fingerprint density at radius 2 is 1.72 bits per heavy atom. The van der Waals surface area contributed by atoms with Crippen molar-refractivity contribution in [3.05, 3.63) is 71.7 Å². The zero-order valence-electron chi connectivity index (χ0n) is 18.0. The van der Waals surface area contributed by atoms with Crippen molar-refractivity contribution in [3.8, 4) is 16.9 Å². The largest absolute Gasteiger partial charge is 0.465 e. The first kappa shape index (κ1) is 23.7. The Bertz CT molecular complexity index is 1180. The number of aliphatic hydroxyl groups excluding tert-OH is 1. The first-order valence-electron chi connectivity index (χ1n) is 10.2. The van der Waals surface area contributed by atoms with Gasteiger partial charge in [-0.05, 0) is 73.4 Å². The first-order valence-corrected chi connectivity index (χ1v) is 12.1. The van der Waals surface area contributed by atoms with E-state index < -0.39 is 9.84 Å². The number of ether oxygens (including phenoxy) is 1. The number of unbranched alkanes of at least 4 members (excludes halogenated alkanes) is 1. The molecule has 1 heterocycles. The molecule has 0 atom stereocenters. The molecule has 0 aliphatic heterocycles. The Labute approximate surface area is 187 Å². The Balaban J connectivity index is 1.98. The van der Waals surface area contributed by atoms with Crippen LogP contribution in [0, 0.1) is 12.7 Å². The predicted octanol–water partition coefficient (Wildman–Crippen LogP) is 3.85. The van der Waals surface area contributed by atoms with Crippen LogP contribution in [0.5, 0.6) is 0 Å². The van der Waals surface area contributed by atoms with Gasteiger partial charge in [0.2, 0.25) is 0 Å². The molecule has 3 aromatic rings. The Hall–Kier alpha value is -2.97. The summed E-state index contributed by atoms with van der Waals surface area (Å²) in [7, 11) is -3.33. The fourth-order valence-corrected chi connectivity index (χ4v) is 4.08. The number of esters is 1. The van der Waals surface area contributed by atoms with Crippen molar-refractivity contribution in [1.82, 2.24) is 4.57 Å². The smallest absolute Gasteiger partial charge is 0.310 e. The van der Waals surface area contributed by atoms with E-state index >= 15 is 0 Å². The van der Waals surface area contributed by atoms with Crippen molar-refractivity contribution in [1.29, 1.82) is 0 Å². The Morgan fingerprint density at radius 1 is 1.06 bits per heavy atom. The van der Waals surface area contributed by atoms with Gasteiger partial charge in [-0.2, -0.15) is 0 Å². The van der Waals surface area contributed by atoms with Crippen LogP contribution in [-0.4, -0.2) is 43.5 Å². The van der Waals surface area contributed by atoms with Gasteiger partial charge in [0.25, 0.3) is 0 Å². The van der Waals surface area contributed by atoms with Crippen LogP contribution in [0.2, 0.25) is 0 Å². The number of carbonyl (C=O) groups is 1. The molecule has 6 nitrogen and oxygen atoms in total. The summed E-state index contributed by atoms with van der Waals surface area (Å²) in [5.41, 5.74) is 3.77. The minimum atomic E-state index is -3.33. The number of aromatic nitrogens is 1. The monoisotopic (exact) mass is 459 g/mol. The maximum absolute atomic E-state index is 13.5. The normalized spacial score (nSPS) is 11.5. The van der Waals surface area contributed by atoms with Gasteiger partial charge in [-0.25, -0.2) is 12.8 Å². The lowest BCUT2D eigenvalue weighted by molar-refractivity contribution is -0.143. The van der Waals surface area contributed by atoms with Gasteiger partial charge in [0.1, 0.15) is 5.82 Å². The molecule has 2 aromatic carbocycles. The molecule has 0 saturated carbocycles. The standard InChI is InChI=1S/C24H26FNO5S/c1-17-19(16-24(28)31-14-4-3-13-27)15-23(26(17)21-9-7-20(25)8-10-21)18-5-11-22(12-6-18)32(2,29)30/h5-12,15,27H,3-4,13-14,16H2,1-2H3. The molecule has 1 aromatic heterocycles. The van der Waals surface area contributed by atoms with E-state index in [9.17, 15) is 17.6 Å². The molecule has 0 saturated heterocycles. The van der Waals surface area contributed by atoms with E-state index in [2.05, 4.69) is 0 Å². The molecule has 0 fully saturated rings. The second-order valence-corrected chi connectivity index (χ2v) is 9.59. The molecule has 8 heteroatoms. The minimum absolute atomic E-state index is 0.0542. The van der Waals surface area contributed by atoms with Crippen LogP contribution < -0.4 is 0 Å². The van der Waals surface area contributed by atoms with Gasteiger partial charge in [0.05, 0.1) is 23.6 Å². The highest BCUT2D eigenvalue weighted by Gasteiger charge is 2.18. The molecule has 0 amide bonds. The van der Waals surface area contributed by atoms with Gasteiger partial charge < -0.3 is 14.4 Å². The lowest BCUT2D eigenvalue weighted by atomic mass is 10.1. The fraction of sp³-hybridized carbons (Fsp3) is 0.292. The summed E-state index contributed by atoms with van der Waals surface area (Å²) in [5.74, 6) is -0.731. The van der Waals surface area contributed by atoms with Gasteiger partial charge in [-0.15, -0.1) is 0 Å². The first-order chi connectivity index (χ1) is 15.2.